The van der Waals surface area contributed by atoms with Crippen LogP contribution in [-0.4, -0.2) is 43.4 Å². The van der Waals surface area contributed by atoms with E-state index in [0.29, 0.717) is 5.92 Å². The highest BCUT2D eigenvalue weighted by Crippen LogP contribution is 2.18. The van der Waals surface area contributed by atoms with Crippen LogP contribution in [0.3, 0.4) is 0 Å². The maximum atomic E-state index is 9.58. The number of hydrogen-bond donors (Lipinski definition) is 2. The molecule has 1 fully saturated rings. The number of nitrogens with one attached hydrogen (secondary N) is 1. The van der Waals surface area contributed by atoms with Crippen LogP contribution in [0.5, 0.6) is 0 Å². The number of piperidine rings is 1. The first-order valence-electron chi connectivity index (χ1n) is 4.75. The summed E-state index contributed by atoms with van der Waals surface area (Å²) >= 11 is 0. The summed E-state index contributed by atoms with van der Waals surface area (Å²) < 4.78 is 0. The molecular formula is C9H20N2O. The third-order valence-corrected chi connectivity index (χ3v) is 2.60. The smallest absolute Gasteiger partial charge is 0.107 e. The Kier molecular flexibility index (Phi) is 3.98. The zero-order valence-corrected chi connectivity index (χ0v) is 8.08. The second-order valence-corrected chi connectivity index (χ2v) is 3.87. The standard InChI is InChI=1S/C9H20N2O/c1-11(2)9(12)7-8-3-5-10-6-4-8/h8-10,12H,3-7H2,1-2H3. The molecule has 1 unspecified atom stereocenters. The molecule has 0 aliphatic carbocycles. The van der Waals surface area contributed by atoms with Crippen molar-refractivity contribution in [3.63, 3.8) is 0 Å². The van der Waals surface area contributed by atoms with Gasteiger partial charge in [-0.15, -0.1) is 0 Å². The van der Waals surface area contributed by atoms with Crippen LogP contribution in [0.15, 0.2) is 0 Å². The fourth-order valence-corrected chi connectivity index (χ4v) is 1.63. The molecule has 1 saturated heterocycles. The van der Waals surface area contributed by atoms with Gasteiger partial charge >= 0.3 is 0 Å². The average Bonchev–Trinajstić information content (AvgIpc) is 2.06. The van der Waals surface area contributed by atoms with E-state index in [-0.39, 0.29) is 6.23 Å². The van der Waals surface area contributed by atoms with E-state index in [1.807, 2.05) is 19.0 Å². The lowest BCUT2D eigenvalue weighted by molar-refractivity contribution is 0.0157. The molecule has 3 nitrogen and oxygen atoms in total. The highest BCUT2D eigenvalue weighted by atomic mass is 16.3. The topological polar surface area (TPSA) is 35.5 Å². The molecule has 0 saturated carbocycles. The van der Waals surface area contributed by atoms with Crippen molar-refractivity contribution in [2.45, 2.75) is 25.5 Å². The first-order chi connectivity index (χ1) is 5.70. The molecule has 1 aliphatic heterocycles. The second kappa shape index (κ2) is 4.80. The maximum Gasteiger partial charge on any atom is 0.107 e. The van der Waals surface area contributed by atoms with Crippen LogP contribution in [0.4, 0.5) is 0 Å². The number of aliphatic hydroxyl groups excluding tert-OH is 1. The van der Waals surface area contributed by atoms with Gasteiger partial charge in [0.25, 0.3) is 0 Å². The van der Waals surface area contributed by atoms with Crippen LogP contribution in [0.2, 0.25) is 0 Å². The van der Waals surface area contributed by atoms with E-state index in [2.05, 4.69) is 5.32 Å². The number of aliphatic hydroxyl groups is 1. The summed E-state index contributed by atoms with van der Waals surface area (Å²) in [5.41, 5.74) is 0. The van der Waals surface area contributed by atoms with Crippen molar-refractivity contribution in [2.24, 2.45) is 5.92 Å². The van der Waals surface area contributed by atoms with Gasteiger partial charge in [0, 0.05) is 0 Å². The Balaban J connectivity index is 2.20. The van der Waals surface area contributed by atoms with Crippen molar-refractivity contribution >= 4 is 0 Å². The van der Waals surface area contributed by atoms with E-state index in [9.17, 15) is 5.11 Å². The molecule has 72 valence electrons. The van der Waals surface area contributed by atoms with Crippen molar-refractivity contribution in [2.75, 3.05) is 27.2 Å². The Labute approximate surface area is 74.8 Å². The van der Waals surface area contributed by atoms with Crippen molar-refractivity contribution in [1.82, 2.24) is 10.2 Å². The number of nitrogens with zero attached hydrogens (tertiary/aromatic N) is 1. The quantitative estimate of drug-likeness (QED) is 0.599. The van der Waals surface area contributed by atoms with Gasteiger partial charge in [-0.3, -0.25) is 4.90 Å². The van der Waals surface area contributed by atoms with Crippen LogP contribution in [0.25, 0.3) is 0 Å². The summed E-state index contributed by atoms with van der Waals surface area (Å²) in [6.07, 6.45) is 3.10. The lowest BCUT2D eigenvalue weighted by Gasteiger charge is -2.27. The highest BCUT2D eigenvalue weighted by Gasteiger charge is 2.17. The van der Waals surface area contributed by atoms with Gasteiger partial charge in [0.1, 0.15) is 6.23 Å². The van der Waals surface area contributed by atoms with Gasteiger partial charge < -0.3 is 10.4 Å². The molecule has 1 heterocycles. The average molecular weight is 172 g/mol. The molecule has 1 atom stereocenters. The Hall–Kier alpha value is -0.120. The molecule has 0 aromatic carbocycles. The third-order valence-electron chi connectivity index (χ3n) is 2.60. The van der Waals surface area contributed by atoms with Crippen molar-refractivity contribution in [3.8, 4) is 0 Å². The lowest BCUT2D eigenvalue weighted by Crippen LogP contribution is -2.34. The molecule has 0 bridgehead atoms. The number of rotatable bonds is 3. The van der Waals surface area contributed by atoms with Gasteiger partial charge in [0.2, 0.25) is 0 Å². The molecule has 2 N–H and O–H groups in total. The number of hydrogen-bond acceptors (Lipinski definition) is 3. The van der Waals surface area contributed by atoms with Gasteiger partial charge in [0.05, 0.1) is 0 Å². The normalized spacial score (nSPS) is 23.0. The van der Waals surface area contributed by atoms with Gasteiger partial charge in [-0.1, -0.05) is 0 Å². The van der Waals surface area contributed by atoms with Crippen LogP contribution in [-0.2, 0) is 0 Å². The zero-order valence-electron chi connectivity index (χ0n) is 8.08. The van der Waals surface area contributed by atoms with Crippen LogP contribution in [0, 0.1) is 5.92 Å². The lowest BCUT2D eigenvalue weighted by atomic mass is 9.94. The minimum absolute atomic E-state index is 0.256. The summed E-state index contributed by atoms with van der Waals surface area (Å²) in [5, 5.41) is 12.9. The Morgan fingerprint density at radius 3 is 2.50 bits per heavy atom. The van der Waals surface area contributed by atoms with Gasteiger partial charge in [-0.25, -0.2) is 0 Å². The zero-order chi connectivity index (χ0) is 8.97. The largest absolute Gasteiger partial charge is 0.378 e. The third kappa shape index (κ3) is 3.09. The molecule has 0 aromatic rings. The summed E-state index contributed by atoms with van der Waals surface area (Å²) in [5.74, 6) is 0.712. The van der Waals surface area contributed by atoms with E-state index >= 15 is 0 Å². The van der Waals surface area contributed by atoms with Crippen LogP contribution < -0.4 is 5.32 Å². The summed E-state index contributed by atoms with van der Waals surface area (Å²) in [4.78, 5) is 1.88. The minimum atomic E-state index is -0.256. The van der Waals surface area contributed by atoms with E-state index in [0.717, 1.165) is 19.5 Å². The predicted molar refractivity (Wildman–Crippen MR) is 49.9 cm³/mol. The van der Waals surface area contributed by atoms with Crippen LogP contribution >= 0.6 is 0 Å². The summed E-state index contributed by atoms with van der Waals surface area (Å²) in [6, 6.07) is 0. The molecule has 0 aromatic heterocycles. The van der Waals surface area contributed by atoms with Gasteiger partial charge in [0.15, 0.2) is 0 Å². The Morgan fingerprint density at radius 2 is 2.00 bits per heavy atom. The predicted octanol–water partition coefficient (Wildman–Crippen LogP) is 0.256. The fourth-order valence-electron chi connectivity index (χ4n) is 1.63. The molecule has 0 amide bonds. The first-order valence-corrected chi connectivity index (χ1v) is 4.75. The molecule has 3 heteroatoms. The van der Waals surface area contributed by atoms with E-state index in [1.165, 1.54) is 12.8 Å². The van der Waals surface area contributed by atoms with E-state index in [1.54, 1.807) is 0 Å². The van der Waals surface area contributed by atoms with E-state index < -0.39 is 0 Å². The van der Waals surface area contributed by atoms with Crippen molar-refractivity contribution < 1.29 is 5.11 Å². The monoisotopic (exact) mass is 172 g/mol. The summed E-state index contributed by atoms with van der Waals surface area (Å²) in [6.45, 7) is 2.23. The molecule has 0 spiro atoms. The maximum absolute atomic E-state index is 9.58. The molecule has 1 rings (SSSR count). The van der Waals surface area contributed by atoms with Gasteiger partial charge in [-0.05, 0) is 52.4 Å². The van der Waals surface area contributed by atoms with Crippen molar-refractivity contribution in [3.05, 3.63) is 0 Å². The highest BCUT2D eigenvalue weighted by molar-refractivity contribution is 4.70. The molecule has 12 heavy (non-hydrogen) atoms. The van der Waals surface area contributed by atoms with Gasteiger partial charge in [-0.2, -0.15) is 0 Å². The molecular weight excluding hydrogens is 152 g/mol. The molecule has 1 aliphatic rings. The summed E-state index contributed by atoms with van der Waals surface area (Å²) in [7, 11) is 3.84. The van der Waals surface area contributed by atoms with E-state index in [4.69, 9.17) is 0 Å². The Bertz CT molecular complexity index is 122. The van der Waals surface area contributed by atoms with Crippen molar-refractivity contribution in [1.29, 1.82) is 0 Å². The Morgan fingerprint density at radius 1 is 1.42 bits per heavy atom. The second-order valence-electron chi connectivity index (χ2n) is 3.87. The SMILES string of the molecule is CN(C)C(O)CC1CCNCC1. The fraction of sp³-hybridized carbons (Fsp3) is 1.00. The van der Waals surface area contributed by atoms with Crippen LogP contribution in [0.1, 0.15) is 19.3 Å². The molecule has 0 radical (unpaired) electrons. The minimum Gasteiger partial charge on any atom is -0.378 e. The first kappa shape index (κ1) is 9.96.